The summed E-state index contributed by atoms with van der Waals surface area (Å²) in [5, 5.41) is 0.827. The molecule has 1 saturated carbocycles. The van der Waals surface area contributed by atoms with Gasteiger partial charge < -0.3 is 0 Å². The van der Waals surface area contributed by atoms with Crippen molar-refractivity contribution < 1.29 is 18.0 Å². The molecule has 0 saturated heterocycles. The van der Waals surface area contributed by atoms with Crippen LogP contribution in [0.3, 0.4) is 0 Å². The number of carbonyl (C=O) groups excluding carboxylic acids is 2. The van der Waals surface area contributed by atoms with Gasteiger partial charge in [-0.05, 0) is 0 Å². The van der Waals surface area contributed by atoms with E-state index in [0.29, 0.717) is 17.7 Å². The number of Topliss-reactive ketones (excluding diaryl/α,β-unsaturated/α-hetero) is 2. The van der Waals surface area contributed by atoms with Crippen molar-refractivity contribution in [3.05, 3.63) is 60.2 Å². The topological polar surface area (TPSA) is 68.3 Å². The third-order valence-electron chi connectivity index (χ3n) is 6.26. The average Bonchev–Trinajstić information content (AvgIpc) is 3.07. The Bertz CT molecular complexity index is 999. The monoisotopic (exact) mass is 492 g/mol. The Morgan fingerprint density at radius 1 is 0.933 bits per heavy atom. The van der Waals surface area contributed by atoms with Crippen molar-refractivity contribution >= 4 is 40.8 Å². The Kier molecular flexibility index (Phi) is 7.01. The molecule has 4 nitrogen and oxygen atoms in total. The first-order valence-electron chi connectivity index (χ1n) is 10.1. The number of hydrogen-bond donors (Lipinski definition) is 0. The normalized spacial score (nSPS) is 20.8. The van der Waals surface area contributed by atoms with Crippen LogP contribution in [0.4, 0.5) is 0 Å². The van der Waals surface area contributed by atoms with E-state index in [4.69, 9.17) is 0 Å². The average molecular weight is 492 g/mol. The molecule has 0 aliphatic heterocycles. The molecular formula is C24H28O4SSe. The molecule has 2 atom stereocenters. The Morgan fingerprint density at radius 2 is 1.50 bits per heavy atom. The predicted molar refractivity (Wildman–Crippen MR) is 120 cm³/mol. The van der Waals surface area contributed by atoms with Crippen LogP contribution in [-0.2, 0) is 19.4 Å². The van der Waals surface area contributed by atoms with E-state index in [9.17, 15) is 18.0 Å². The molecule has 1 fully saturated rings. The number of carbonyl (C=O) groups is 2. The summed E-state index contributed by atoms with van der Waals surface area (Å²) in [4.78, 5) is 25.3. The van der Waals surface area contributed by atoms with Gasteiger partial charge in [0.15, 0.2) is 0 Å². The van der Waals surface area contributed by atoms with Crippen molar-refractivity contribution in [2.45, 2.75) is 43.8 Å². The minimum absolute atomic E-state index is 0.0199. The Morgan fingerprint density at radius 3 is 2.07 bits per heavy atom. The number of rotatable bonds is 8. The number of hydrogen-bond acceptors (Lipinski definition) is 4. The van der Waals surface area contributed by atoms with Crippen LogP contribution in [-0.4, -0.2) is 40.7 Å². The zero-order valence-corrected chi connectivity index (χ0v) is 20.2. The fourth-order valence-corrected chi connectivity index (χ4v) is 8.47. The Balaban J connectivity index is 1.86. The van der Waals surface area contributed by atoms with Crippen LogP contribution in [0.1, 0.15) is 32.3 Å². The molecule has 30 heavy (non-hydrogen) atoms. The van der Waals surface area contributed by atoms with Crippen molar-refractivity contribution in [2.24, 2.45) is 17.3 Å². The van der Waals surface area contributed by atoms with Crippen LogP contribution in [0.2, 0.25) is 5.32 Å². The van der Waals surface area contributed by atoms with Crippen molar-refractivity contribution in [3.8, 4) is 0 Å². The summed E-state index contributed by atoms with van der Waals surface area (Å²) in [6.07, 6.45) is 0.790. The summed E-state index contributed by atoms with van der Waals surface area (Å²) < 4.78 is 27.5. The standard InChI is InChI=1S/C24H28O4SSe/c1-17-9-11-22(12-10-17)29(27,28)15-20-13-24(18(2)25,19(3)26)14-21(20)16-30-23-7-5-4-6-8-23/h4-12,20-21H,13-16H2,1-3H3/t20-,21+/m1/s1. The molecule has 6 heteroatoms. The molecule has 3 rings (SSSR count). The van der Waals surface area contributed by atoms with Crippen molar-refractivity contribution in [1.82, 2.24) is 0 Å². The van der Waals surface area contributed by atoms with Crippen LogP contribution >= 0.6 is 0 Å². The molecule has 0 unspecified atom stereocenters. The third kappa shape index (κ3) is 4.93. The molecule has 0 spiro atoms. The van der Waals surface area contributed by atoms with E-state index in [1.165, 1.54) is 18.3 Å². The van der Waals surface area contributed by atoms with E-state index < -0.39 is 15.3 Å². The van der Waals surface area contributed by atoms with E-state index in [1.807, 2.05) is 25.1 Å². The molecule has 0 aromatic heterocycles. The zero-order valence-electron chi connectivity index (χ0n) is 17.6. The van der Waals surface area contributed by atoms with Crippen LogP contribution in [0.25, 0.3) is 0 Å². The number of benzene rings is 2. The van der Waals surface area contributed by atoms with Gasteiger partial charge >= 0.3 is 186 Å². The van der Waals surface area contributed by atoms with Gasteiger partial charge in [0.1, 0.15) is 0 Å². The molecule has 0 radical (unpaired) electrons. The summed E-state index contributed by atoms with van der Waals surface area (Å²) in [6, 6.07) is 17.0. The van der Waals surface area contributed by atoms with E-state index in [1.54, 1.807) is 24.3 Å². The molecule has 2 aromatic rings. The molecule has 2 aromatic carbocycles. The van der Waals surface area contributed by atoms with Gasteiger partial charge in [0, 0.05) is 0 Å². The van der Waals surface area contributed by atoms with E-state index in [0.717, 1.165) is 10.9 Å². The van der Waals surface area contributed by atoms with E-state index in [-0.39, 0.29) is 44.1 Å². The van der Waals surface area contributed by atoms with Gasteiger partial charge in [0.25, 0.3) is 0 Å². The molecule has 1 aliphatic carbocycles. The maximum absolute atomic E-state index is 13.1. The molecular weight excluding hydrogens is 463 g/mol. The second-order valence-electron chi connectivity index (χ2n) is 8.34. The first kappa shape index (κ1) is 22.9. The zero-order chi connectivity index (χ0) is 21.9. The first-order valence-corrected chi connectivity index (χ1v) is 13.9. The number of sulfone groups is 1. The minimum atomic E-state index is -3.49. The van der Waals surface area contributed by atoms with E-state index in [2.05, 4.69) is 12.1 Å². The van der Waals surface area contributed by atoms with Gasteiger partial charge in [-0.15, -0.1) is 0 Å². The Hall–Kier alpha value is -1.75. The molecule has 1 aliphatic rings. The van der Waals surface area contributed by atoms with Crippen LogP contribution in [0.5, 0.6) is 0 Å². The van der Waals surface area contributed by atoms with Crippen molar-refractivity contribution in [3.63, 3.8) is 0 Å². The molecule has 0 N–H and O–H groups in total. The maximum atomic E-state index is 13.1. The van der Waals surface area contributed by atoms with Gasteiger partial charge in [-0.25, -0.2) is 0 Å². The predicted octanol–water partition coefficient (Wildman–Crippen LogP) is 3.41. The van der Waals surface area contributed by atoms with Crippen molar-refractivity contribution in [1.29, 1.82) is 0 Å². The molecule has 0 bridgehead atoms. The summed E-state index contributed by atoms with van der Waals surface area (Å²) in [7, 11) is -3.49. The van der Waals surface area contributed by atoms with Gasteiger partial charge in [0.05, 0.1) is 0 Å². The third-order valence-corrected chi connectivity index (χ3v) is 10.6. The van der Waals surface area contributed by atoms with Crippen LogP contribution in [0.15, 0.2) is 59.5 Å². The first-order chi connectivity index (χ1) is 14.1. The fraction of sp³-hybridized carbons (Fsp3) is 0.417. The summed E-state index contributed by atoms with van der Waals surface area (Å²) in [5.41, 5.74) is -0.0318. The van der Waals surface area contributed by atoms with Gasteiger partial charge in [-0.3, -0.25) is 0 Å². The van der Waals surface area contributed by atoms with E-state index >= 15 is 0 Å². The fourth-order valence-electron chi connectivity index (χ4n) is 4.37. The number of aryl methyl sites for hydroxylation is 1. The SMILES string of the molecule is CC(=O)C1(C(C)=O)C[C@@H](C[Se]c2ccccc2)[C@@H](CS(=O)(=O)c2ccc(C)cc2)C1. The Labute approximate surface area is 185 Å². The van der Waals surface area contributed by atoms with Crippen LogP contribution < -0.4 is 4.46 Å². The summed E-state index contributed by atoms with van der Waals surface area (Å²) in [6.45, 7) is 4.86. The second kappa shape index (κ2) is 9.17. The summed E-state index contributed by atoms with van der Waals surface area (Å²) >= 11 is 0.168. The number of ketones is 2. The summed E-state index contributed by atoms with van der Waals surface area (Å²) in [5.74, 6) is -0.453. The van der Waals surface area contributed by atoms with Gasteiger partial charge in [-0.1, -0.05) is 0 Å². The van der Waals surface area contributed by atoms with Gasteiger partial charge in [-0.2, -0.15) is 0 Å². The van der Waals surface area contributed by atoms with Crippen molar-refractivity contribution in [2.75, 3.05) is 5.75 Å². The van der Waals surface area contributed by atoms with Crippen LogP contribution in [0, 0.1) is 24.2 Å². The van der Waals surface area contributed by atoms with Gasteiger partial charge in [0.2, 0.25) is 0 Å². The molecule has 160 valence electrons. The second-order valence-corrected chi connectivity index (χ2v) is 12.7. The molecule has 0 amide bonds. The quantitative estimate of drug-likeness (QED) is 0.419. The molecule has 0 heterocycles.